The number of hydrogen-bond donors (Lipinski definition) is 1. The van der Waals surface area contributed by atoms with Gasteiger partial charge in [-0.1, -0.05) is 12.1 Å². The summed E-state index contributed by atoms with van der Waals surface area (Å²) in [5.41, 5.74) is 8.08. The highest BCUT2D eigenvalue weighted by molar-refractivity contribution is 5.60. The number of nitrogens with zero attached hydrogens (tertiary/aromatic N) is 2. The molecule has 1 aromatic heterocycles. The van der Waals surface area contributed by atoms with Gasteiger partial charge in [-0.15, -0.1) is 0 Å². The second-order valence-corrected chi connectivity index (χ2v) is 4.50. The Kier molecular flexibility index (Phi) is 3.77. The van der Waals surface area contributed by atoms with Crippen molar-refractivity contribution < 1.29 is 4.39 Å². The van der Waals surface area contributed by atoms with Crippen molar-refractivity contribution >= 4 is 0 Å². The average Bonchev–Trinajstić information content (AvgIpc) is 2.71. The van der Waals surface area contributed by atoms with Crippen molar-refractivity contribution in [3.63, 3.8) is 0 Å². The third-order valence-electron chi connectivity index (χ3n) is 2.81. The Bertz CT molecular complexity index is 532. The number of nitrogens with two attached hydrogens (primary N) is 1. The summed E-state index contributed by atoms with van der Waals surface area (Å²) in [6.07, 6.45) is 0.703. The summed E-state index contributed by atoms with van der Waals surface area (Å²) >= 11 is 0. The van der Waals surface area contributed by atoms with Crippen LogP contribution < -0.4 is 5.73 Å². The van der Waals surface area contributed by atoms with E-state index in [-0.39, 0.29) is 11.9 Å². The van der Waals surface area contributed by atoms with Crippen molar-refractivity contribution in [1.82, 2.24) is 9.78 Å². The van der Waals surface area contributed by atoms with Gasteiger partial charge in [-0.05, 0) is 32.0 Å². The Hall–Kier alpha value is -1.68. The molecule has 0 spiro atoms. The zero-order chi connectivity index (χ0) is 13.1. The van der Waals surface area contributed by atoms with Crippen LogP contribution in [0.3, 0.4) is 0 Å². The maximum Gasteiger partial charge on any atom is 0.132 e. The van der Waals surface area contributed by atoms with Gasteiger partial charge in [-0.3, -0.25) is 4.68 Å². The van der Waals surface area contributed by atoms with Crippen LogP contribution in [0.5, 0.6) is 0 Å². The molecule has 2 rings (SSSR count). The highest BCUT2D eigenvalue weighted by Gasteiger charge is 2.13. The smallest absolute Gasteiger partial charge is 0.132 e. The summed E-state index contributed by atoms with van der Waals surface area (Å²) in [6, 6.07) is 8.73. The summed E-state index contributed by atoms with van der Waals surface area (Å²) in [4.78, 5) is 0. The Morgan fingerprint density at radius 2 is 2.11 bits per heavy atom. The third kappa shape index (κ3) is 2.59. The van der Waals surface area contributed by atoms with Crippen LogP contribution in [-0.2, 0) is 13.0 Å². The van der Waals surface area contributed by atoms with E-state index in [0.29, 0.717) is 18.5 Å². The highest BCUT2D eigenvalue weighted by Crippen LogP contribution is 2.23. The lowest BCUT2D eigenvalue weighted by Crippen LogP contribution is -2.18. The normalized spacial score (nSPS) is 12.7. The molecular formula is C14H18FN3. The number of aromatic nitrogens is 2. The lowest BCUT2D eigenvalue weighted by Gasteiger charge is -2.05. The molecule has 0 aliphatic rings. The largest absolute Gasteiger partial charge is 0.328 e. The number of halogens is 1. The molecule has 4 heteroatoms. The lowest BCUT2D eigenvalue weighted by atomic mass is 10.1. The second kappa shape index (κ2) is 5.31. The van der Waals surface area contributed by atoms with E-state index in [4.69, 9.17) is 5.73 Å². The van der Waals surface area contributed by atoms with Gasteiger partial charge >= 0.3 is 0 Å². The molecule has 0 amide bonds. The van der Waals surface area contributed by atoms with Gasteiger partial charge in [0, 0.05) is 24.6 Å². The van der Waals surface area contributed by atoms with Gasteiger partial charge in [0.25, 0.3) is 0 Å². The standard InChI is InChI=1S/C14H18FN3/c1-3-18-14(9-11(17-18)8-10(2)16)12-6-4-5-7-13(12)15/h4-7,9-10H,3,8,16H2,1-2H3. The molecule has 0 aliphatic heterocycles. The molecular weight excluding hydrogens is 229 g/mol. The molecule has 2 N–H and O–H groups in total. The van der Waals surface area contributed by atoms with Crippen molar-refractivity contribution in [2.75, 3.05) is 0 Å². The van der Waals surface area contributed by atoms with Crippen LogP contribution in [0.1, 0.15) is 19.5 Å². The molecule has 0 bridgehead atoms. The highest BCUT2D eigenvalue weighted by atomic mass is 19.1. The number of aryl methyl sites for hydroxylation is 1. The fourth-order valence-electron chi connectivity index (χ4n) is 2.03. The average molecular weight is 247 g/mol. The van der Waals surface area contributed by atoms with Gasteiger partial charge in [0.15, 0.2) is 0 Å². The third-order valence-corrected chi connectivity index (χ3v) is 2.81. The Labute approximate surface area is 106 Å². The fraction of sp³-hybridized carbons (Fsp3) is 0.357. The van der Waals surface area contributed by atoms with Crippen molar-refractivity contribution in [1.29, 1.82) is 0 Å². The molecule has 0 saturated carbocycles. The van der Waals surface area contributed by atoms with E-state index in [2.05, 4.69) is 5.10 Å². The molecule has 0 fully saturated rings. The first-order valence-electron chi connectivity index (χ1n) is 6.19. The van der Waals surface area contributed by atoms with E-state index in [0.717, 1.165) is 11.4 Å². The van der Waals surface area contributed by atoms with Crippen LogP contribution in [0.25, 0.3) is 11.3 Å². The van der Waals surface area contributed by atoms with Gasteiger partial charge in [0.2, 0.25) is 0 Å². The van der Waals surface area contributed by atoms with Gasteiger partial charge < -0.3 is 5.73 Å². The molecule has 1 heterocycles. The van der Waals surface area contributed by atoms with E-state index >= 15 is 0 Å². The summed E-state index contributed by atoms with van der Waals surface area (Å²) < 4.78 is 15.6. The van der Waals surface area contributed by atoms with Crippen LogP contribution in [0.15, 0.2) is 30.3 Å². The molecule has 0 aliphatic carbocycles. The topological polar surface area (TPSA) is 43.8 Å². The zero-order valence-corrected chi connectivity index (χ0v) is 10.7. The van der Waals surface area contributed by atoms with Crippen molar-refractivity contribution in [3.8, 4) is 11.3 Å². The summed E-state index contributed by atoms with van der Waals surface area (Å²) in [5, 5.41) is 4.46. The van der Waals surface area contributed by atoms with Crippen molar-refractivity contribution in [2.45, 2.75) is 32.9 Å². The fourth-order valence-corrected chi connectivity index (χ4v) is 2.03. The molecule has 1 unspecified atom stereocenters. The minimum atomic E-state index is -0.223. The molecule has 0 radical (unpaired) electrons. The van der Waals surface area contributed by atoms with Gasteiger partial charge in [0.1, 0.15) is 5.82 Å². The monoisotopic (exact) mass is 247 g/mol. The first kappa shape index (κ1) is 12.8. The van der Waals surface area contributed by atoms with Gasteiger partial charge in [-0.25, -0.2) is 4.39 Å². The predicted octanol–water partition coefficient (Wildman–Crippen LogP) is 2.60. The van der Waals surface area contributed by atoms with E-state index in [1.807, 2.05) is 30.7 Å². The lowest BCUT2D eigenvalue weighted by molar-refractivity contribution is 0.615. The van der Waals surface area contributed by atoms with Crippen LogP contribution in [-0.4, -0.2) is 15.8 Å². The molecule has 3 nitrogen and oxygen atoms in total. The van der Waals surface area contributed by atoms with E-state index in [1.54, 1.807) is 12.1 Å². The van der Waals surface area contributed by atoms with Crippen molar-refractivity contribution in [3.05, 3.63) is 41.8 Å². The molecule has 96 valence electrons. The molecule has 1 atom stereocenters. The van der Waals surface area contributed by atoms with Crippen molar-refractivity contribution in [2.24, 2.45) is 5.73 Å². The van der Waals surface area contributed by atoms with Crippen LogP contribution in [0.4, 0.5) is 4.39 Å². The number of benzene rings is 1. The van der Waals surface area contributed by atoms with Gasteiger partial charge in [-0.2, -0.15) is 5.10 Å². The maximum atomic E-state index is 13.8. The minimum absolute atomic E-state index is 0.0543. The molecule has 0 saturated heterocycles. The molecule has 1 aromatic carbocycles. The Morgan fingerprint density at radius 3 is 2.72 bits per heavy atom. The SMILES string of the molecule is CCn1nc(CC(C)N)cc1-c1ccccc1F. The van der Waals surface area contributed by atoms with Crippen LogP contribution in [0.2, 0.25) is 0 Å². The molecule has 2 aromatic rings. The molecule has 18 heavy (non-hydrogen) atoms. The Balaban J connectivity index is 2.44. The number of hydrogen-bond acceptors (Lipinski definition) is 2. The minimum Gasteiger partial charge on any atom is -0.328 e. The summed E-state index contributed by atoms with van der Waals surface area (Å²) in [7, 11) is 0. The Morgan fingerprint density at radius 1 is 1.39 bits per heavy atom. The van der Waals surface area contributed by atoms with E-state index in [1.165, 1.54) is 6.07 Å². The first-order chi connectivity index (χ1) is 8.61. The second-order valence-electron chi connectivity index (χ2n) is 4.50. The van der Waals surface area contributed by atoms with E-state index < -0.39 is 0 Å². The summed E-state index contributed by atoms with van der Waals surface area (Å²) in [6.45, 7) is 4.64. The predicted molar refractivity (Wildman–Crippen MR) is 70.6 cm³/mol. The zero-order valence-electron chi connectivity index (χ0n) is 10.7. The first-order valence-corrected chi connectivity index (χ1v) is 6.19. The number of rotatable bonds is 4. The maximum absolute atomic E-state index is 13.8. The summed E-state index contributed by atoms with van der Waals surface area (Å²) in [5.74, 6) is -0.223. The van der Waals surface area contributed by atoms with Crippen LogP contribution in [0, 0.1) is 5.82 Å². The quantitative estimate of drug-likeness (QED) is 0.902. The van der Waals surface area contributed by atoms with E-state index in [9.17, 15) is 4.39 Å². The van der Waals surface area contributed by atoms with Crippen LogP contribution >= 0.6 is 0 Å². The van der Waals surface area contributed by atoms with Gasteiger partial charge in [0.05, 0.1) is 11.4 Å².